The minimum atomic E-state index is -1.26. The predicted octanol–water partition coefficient (Wildman–Crippen LogP) is 6.64. The second-order valence-corrected chi connectivity index (χ2v) is 9.45. The summed E-state index contributed by atoms with van der Waals surface area (Å²) in [4.78, 5) is 26.3. The van der Waals surface area contributed by atoms with Gasteiger partial charge in [-0.15, -0.1) is 0 Å². The Labute approximate surface area is 208 Å². The van der Waals surface area contributed by atoms with Crippen molar-refractivity contribution < 1.29 is 19.1 Å². The molecule has 35 heavy (non-hydrogen) atoms. The molecule has 0 saturated heterocycles. The fourth-order valence-corrected chi connectivity index (χ4v) is 5.65. The molecule has 1 aliphatic rings. The Balaban J connectivity index is 1.73. The molecule has 0 amide bonds. The first-order valence-electron chi connectivity index (χ1n) is 12.5. The van der Waals surface area contributed by atoms with E-state index >= 15 is 0 Å². The Morgan fingerprint density at radius 1 is 0.743 bits per heavy atom. The summed E-state index contributed by atoms with van der Waals surface area (Å²) < 4.78 is 10.8. The molecular formula is C31H34O4. The van der Waals surface area contributed by atoms with Crippen LogP contribution < -0.4 is 0 Å². The van der Waals surface area contributed by atoms with Gasteiger partial charge in [0, 0.05) is 5.92 Å². The molecule has 1 saturated carbocycles. The molecule has 0 unspecified atom stereocenters. The normalized spacial score (nSPS) is 19.6. The summed E-state index contributed by atoms with van der Waals surface area (Å²) in [5.41, 5.74) is 3.44. The van der Waals surface area contributed by atoms with Crippen molar-refractivity contribution in [1.29, 1.82) is 0 Å². The Hall–Kier alpha value is -3.40. The van der Waals surface area contributed by atoms with Crippen molar-refractivity contribution in [3.05, 3.63) is 96.1 Å². The monoisotopic (exact) mass is 470 g/mol. The average Bonchev–Trinajstić information content (AvgIpc) is 3.24. The van der Waals surface area contributed by atoms with Gasteiger partial charge in [0.05, 0.1) is 13.2 Å². The van der Waals surface area contributed by atoms with Gasteiger partial charge in [0.25, 0.3) is 0 Å². The topological polar surface area (TPSA) is 52.6 Å². The molecule has 1 aliphatic carbocycles. The molecular weight excluding hydrogens is 436 g/mol. The van der Waals surface area contributed by atoms with E-state index in [9.17, 15) is 9.59 Å². The summed E-state index contributed by atoms with van der Waals surface area (Å²) >= 11 is 0. The quantitative estimate of drug-likeness (QED) is 0.273. The molecule has 4 heteroatoms. The van der Waals surface area contributed by atoms with Crippen LogP contribution in [0.2, 0.25) is 0 Å². The molecule has 0 radical (unpaired) electrons. The average molecular weight is 471 g/mol. The molecule has 1 fully saturated rings. The molecule has 0 aromatic heterocycles. The van der Waals surface area contributed by atoms with Gasteiger partial charge in [0.1, 0.15) is 0 Å². The van der Waals surface area contributed by atoms with Crippen LogP contribution in [0.15, 0.2) is 84.9 Å². The van der Waals surface area contributed by atoms with Gasteiger partial charge >= 0.3 is 11.9 Å². The number of esters is 2. The van der Waals surface area contributed by atoms with E-state index in [4.69, 9.17) is 9.47 Å². The van der Waals surface area contributed by atoms with Crippen LogP contribution in [0.1, 0.15) is 50.7 Å². The largest absolute Gasteiger partial charge is 0.465 e. The van der Waals surface area contributed by atoms with Crippen LogP contribution in [0.4, 0.5) is 0 Å². The van der Waals surface area contributed by atoms with Crippen LogP contribution in [-0.2, 0) is 19.1 Å². The highest BCUT2D eigenvalue weighted by atomic mass is 16.6. The third kappa shape index (κ3) is 5.02. The lowest BCUT2D eigenvalue weighted by Crippen LogP contribution is -2.40. The summed E-state index contributed by atoms with van der Waals surface area (Å²) in [5, 5.41) is 0. The van der Waals surface area contributed by atoms with Crippen molar-refractivity contribution in [2.75, 3.05) is 13.2 Å². The van der Waals surface area contributed by atoms with Gasteiger partial charge in [-0.05, 0) is 60.8 Å². The lowest BCUT2D eigenvalue weighted by atomic mass is 9.75. The SMILES string of the molecule is CCOC(=O)C1(C(=O)OCC)C[C@H]([C@@H](c2ccccc2)c2ccc(-c3ccccc3)cc2)[C@@H](C)C1. The maximum Gasteiger partial charge on any atom is 0.323 e. The van der Waals surface area contributed by atoms with Crippen molar-refractivity contribution in [1.82, 2.24) is 0 Å². The number of benzene rings is 3. The maximum absolute atomic E-state index is 13.1. The van der Waals surface area contributed by atoms with Crippen molar-refractivity contribution in [2.24, 2.45) is 17.3 Å². The van der Waals surface area contributed by atoms with Gasteiger partial charge in [-0.2, -0.15) is 0 Å². The third-order valence-electron chi connectivity index (χ3n) is 7.28. The fraction of sp³-hybridized carbons (Fsp3) is 0.355. The highest BCUT2D eigenvalue weighted by molar-refractivity contribution is 6.00. The molecule has 182 valence electrons. The van der Waals surface area contributed by atoms with E-state index < -0.39 is 17.4 Å². The zero-order chi connectivity index (χ0) is 24.8. The van der Waals surface area contributed by atoms with E-state index in [0.29, 0.717) is 12.8 Å². The Kier molecular flexibility index (Phi) is 7.70. The lowest BCUT2D eigenvalue weighted by molar-refractivity contribution is -0.172. The summed E-state index contributed by atoms with van der Waals surface area (Å²) in [5.74, 6) is -0.670. The van der Waals surface area contributed by atoms with Crippen LogP contribution in [0.3, 0.4) is 0 Å². The minimum Gasteiger partial charge on any atom is -0.465 e. The molecule has 0 heterocycles. The van der Waals surface area contributed by atoms with Crippen LogP contribution in [0.5, 0.6) is 0 Å². The van der Waals surface area contributed by atoms with Gasteiger partial charge in [0.15, 0.2) is 5.41 Å². The smallest absolute Gasteiger partial charge is 0.323 e. The van der Waals surface area contributed by atoms with E-state index in [1.165, 1.54) is 16.7 Å². The standard InChI is InChI=1S/C31H34O4/c1-4-34-29(32)31(30(33)35-5-2)20-22(3)27(21-31)28(25-14-10-7-11-15-25)26-18-16-24(17-19-26)23-12-8-6-9-13-23/h6-19,22,27-28H,4-5,20-21H2,1-3H3/t22-,27-,28-/m0/s1. The van der Waals surface area contributed by atoms with Crippen LogP contribution in [-0.4, -0.2) is 25.2 Å². The van der Waals surface area contributed by atoms with Gasteiger partial charge in [-0.25, -0.2) is 0 Å². The van der Waals surface area contributed by atoms with Crippen LogP contribution in [0, 0.1) is 17.3 Å². The molecule has 0 spiro atoms. The Morgan fingerprint density at radius 2 is 1.23 bits per heavy atom. The Bertz CT molecular complexity index is 1100. The van der Waals surface area contributed by atoms with Gasteiger partial charge in [0.2, 0.25) is 0 Å². The molecule has 4 nitrogen and oxygen atoms in total. The first-order valence-corrected chi connectivity index (χ1v) is 12.5. The molecule has 3 aromatic carbocycles. The van der Waals surface area contributed by atoms with Crippen molar-refractivity contribution in [3.63, 3.8) is 0 Å². The molecule has 3 aromatic rings. The predicted molar refractivity (Wildman–Crippen MR) is 138 cm³/mol. The number of carbonyl (C=O) groups is 2. The van der Waals surface area contributed by atoms with E-state index in [1.807, 2.05) is 36.4 Å². The number of hydrogen-bond donors (Lipinski definition) is 0. The minimum absolute atomic E-state index is 0.0433. The summed E-state index contributed by atoms with van der Waals surface area (Å²) in [7, 11) is 0. The van der Waals surface area contributed by atoms with Gasteiger partial charge in [-0.3, -0.25) is 9.59 Å². The maximum atomic E-state index is 13.1. The lowest BCUT2D eigenvalue weighted by Gasteiger charge is -2.29. The first-order chi connectivity index (χ1) is 17.0. The van der Waals surface area contributed by atoms with E-state index in [0.717, 1.165) is 5.56 Å². The van der Waals surface area contributed by atoms with Gasteiger partial charge in [-0.1, -0.05) is 91.9 Å². The van der Waals surface area contributed by atoms with Crippen LogP contribution in [0.25, 0.3) is 11.1 Å². The van der Waals surface area contributed by atoms with E-state index in [-0.39, 0.29) is 31.0 Å². The van der Waals surface area contributed by atoms with E-state index in [1.54, 1.807) is 13.8 Å². The molecule has 3 atom stereocenters. The fourth-order valence-electron chi connectivity index (χ4n) is 5.65. The number of carbonyl (C=O) groups excluding carboxylic acids is 2. The highest BCUT2D eigenvalue weighted by Crippen LogP contribution is 2.54. The molecule has 4 rings (SSSR count). The number of rotatable bonds is 8. The summed E-state index contributed by atoms with van der Waals surface area (Å²) in [6.07, 6.45) is 0.840. The molecule has 0 aliphatic heterocycles. The third-order valence-corrected chi connectivity index (χ3v) is 7.28. The first kappa shape index (κ1) is 24.7. The zero-order valence-corrected chi connectivity index (χ0v) is 20.8. The highest BCUT2D eigenvalue weighted by Gasteiger charge is 2.58. The summed E-state index contributed by atoms with van der Waals surface area (Å²) in [6, 6.07) is 29.4. The van der Waals surface area contributed by atoms with Crippen molar-refractivity contribution in [2.45, 2.75) is 39.5 Å². The zero-order valence-electron chi connectivity index (χ0n) is 20.8. The van der Waals surface area contributed by atoms with Crippen LogP contribution >= 0.6 is 0 Å². The Morgan fingerprint density at radius 3 is 1.77 bits per heavy atom. The second-order valence-electron chi connectivity index (χ2n) is 9.45. The van der Waals surface area contributed by atoms with Crippen molar-refractivity contribution in [3.8, 4) is 11.1 Å². The molecule has 0 bridgehead atoms. The summed E-state index contributed by atoms with van der Waals surface area (Å²) in [6.45, 7) is 6.16. The van der Waals surface area contributed by atoms with E-state index in [2.05, 4.69) is 55.5 Å². The van der Waals surface area contributed by atoms with Crippen molar-refractivity contribution >= 4 is 11.9 Å². The second kappa shape index (κ2) is 10.9. The number of ether oxygens (including phenoxy) is 2. The number of hydrogen-bond acceptors (Lipinski definition) is 4. The van der Waals surface area contributed by atoms with Gasteiger partial charge < -0.3 is 9.47 Å². The molecule has 0 N–H and O–H groups in total.